The van der Waals surface area contributed by atoms with Crippen LogP contribution in [0.5, 0.6) is 0 Å². The molecule has 1 N–H and O–H groups in total. The Morgan fingerprint density at radius 1 is 0.976 bits per heavy atom. The summed E-state index contributed by atoms with van der Waals surface area (Å²) < 4.78 is 31.7. The summed E-state index contributed by atoms with van der Waals surface area (Å²) >= 11 is 12.5. The van der Waals surface area contributed by atoms with Crippen molar-refractivity contribution in [3.05, 3.63) is 99.0 Å². The standard InChI is InChI=1S/C27H24Cl2N4O2.C2HF3O2/c1-31-14-13-30-26(31)19-7-5-18(6-8-19)15-33-24-4-2-3-23(29)22(24)16-32(17-25(33)34)27(35)20-9-11-21(28)12-10-20;3-2(4,5)1(6)7/h2-12H,13-17H2,1H3;(H,6,7). The Balaban J connectivity index is 0.000000517. The molecule has 2 amide bonds. The van der Waals surface area contributed by atoms with E-state index in [0.29, 0.717) is 22.2 Å². The van der Waals surface area contributed by atoms with E-state index in [1.54, 1.807) is 35.2 Å². The normalized spacial score (nSPS) is 15.0. The third kappa shape index (κ3) is 7.21. The Kier molecular flexibility index (Phi) is 9.43. The van der Waals surface area contributed by atoms with Crippen LogP contribution >= 0.6 is 23.2 Å². The van der Waals surface area contributed by atoms with Crippen LogP contribution in [0, 0.1) is 0 Å². The number of carbonyl (C=O) groups excluding carboxylic acids is 2. The summed E-state index contributed by atoms with van der Waals surface area (Å²) in [5.74, 6) is -2.19. The number of alkyl halides is 3. The van der Waals surface area contributed by atoms with E-state index >= 15 is 0 Å². The number of carboxylic acid groups (broad SMARTS) is 1. The highest BCUT2D eigenvalue weighted by Crippen LogP contribution is 2.33. The van der Waals surface area contributed by atoms with Crippen molar-refractivity contribution >= 4 is 52.5 Å². The van der Waals surface area contributed by atoms with Crippen molar-refractivity contribution in [2.75, 3.05) is 31.6 Å². The molecule has 8 nitrogen and oxygen atoms in total. The number of amides is 2. The monoisotopic (exact) mass is 620 g/mol. The Bertz CT molecular complexity index is 1510. The molecule has 0 aromatic heterocycles. The van der Waals surface area contributed by atoms with Crippen molar-refractivity contribution in [3.63, 3.8) is 0 Å². The molecular formula is C29H25Cl2F3N4O4. The maximum Gasteiger partial charge on any atom is 0.490 e. The molecule has 0 aliphatic carbocycles. The van der Waals surface area contributed by atoms with Gasteiger partial charge in [0.05, 0.1) is 25.3 Å². The van der Waals surface area contributed by atoms with Gasteiger partial charge in [0, 0.05) is 40.3 Å². The highest BCUT2D eigenvalue weighted by atomic mass is 35.5. The van der Waals surface area contributed by atoms with Gasteiger partial charge in [-0.1, -0.05) is 53.5 Å². The molecule has 0 fully saturated rings. The van der Waals surface area contributed by atoms with Crippen LogP contribution in [0.1, 0.15) is 27.0 Å². The van der Waals surface area contributed by atoms with Crippen LogP contribution in [0.2, 0.25) is 10.0 Å². The molecule has 5 rings (SSSR count). The number of likely N-dealkylation sites (N-methyl/N-ethyl adjacent to an activating group) is 1. The number of anilines is 1. The highest BCUT2D eigenvalue weighted by molar-refractivity contribution is 6.32. The predicted molar refractivity (Wildman–Crippen MR) is 153 cm³/mol. The first-order chi connectivity index (χ1) is 19.8. The van der Waals surface area contributed by atoms with Gasteiger partial charge in [0.15, 0.2) is 0 Å². The van der Waals surface area contributed by atoms with E-state index < -0.39 is 12.1 Å². The number of halogens is 5. The van der Waals surface area contributed by atoms with Crippen LogP contribution in [0.25, 0.3) is 0 Å². The number of hydrogen-bond donors (Lipinski definition) is 1. The minimum Gasteiger partial charge on any atom is -0.475 e. The Labute approximate surface area is 249 Å². The highest BCUT2D eigenvalue weighted by Gasteiger charge is 2.38. The molecule has 0 atom stereocenters. The number of fused-ring (bicyclic) bond motifs is 1. The second kappa shape index (κ2) is 12.8. The average Bonchev–Trinajstić information content (AvgIpc) is 3.32. The van der Waals surface area contributed by atoms with Crippen LogP contribution in [-0.2, 0) is 22.7 Å². The molecule has 2 aliphatic heterocycles. The van der Waals surface area contributed by atoms with E-state index in [4.69, 9.17) is 33.1 Å². The van der Waals surface area contributed by atoms with Crippen molar-refractivity contribution < 1.29 is 32.7 Å². The van der Waals surface area contributed by atoms with Crippen LogP contribution in [0.3, 0.4) is 0 Å². The lowest BCUT2D eigenvalue weighted by Crippen LogP contribution is -2.39. The summed E-state index contributed by atoms with van der Waals surface area (Å²) in [5, 5.41) is 8.19. The number of aliphatic imine (C=N–C) groups is 1. The van der Waals surface area contributed by atoms with Gasteiger partial charge in [0.2, 0.25) is 5.91 Å². The molecule has 0 unspecified atom stereocenters. The average molecular weight is 621 g/mol. The maximum atomic E-state index is 13.5. The van der Waals surface area contributed by atoms with E-state index in [1.165, 1.54) is 4.90 Å². The van der Waals surface area contributed by atoms with Gasteiger partial charge in [-0.3, -0.25) is 14.6 Å². The largest absolute Gasteiger partial charge is 0.490 e. The van der Waals surface area contributed by atoms with Gasteiger partial charge in [-0.2, -0.15) is 13.2 Å². The zero-order valence-corrected chi connectivity index (χ0v) is 23.7. The van der Waals surface area contributed by atoms with Crippen molar-refractivity contribution in [3.8, 4) is 0 Å². The van der Waals surface area contributed by atoms with E-state index in [9.17, 15) is 22.8 Å². The SMILES string of the molecule is CN1CCN=C1c1ccc(CN2C(=O)CN(C(=O)c3ccc(Cl)cc3)Cc3c(Cl)cccc32)cc1.O=C(O)C(F)(F)F. The van der Waals surface area contributed by atoms with Crippen molar-refractivity contribution in [1.29, 1.82) is 0 Å². The number of nitrogens with zero attached hydrogens (tertiary/aromatic N) is 4. The van der Waals surface area contributed by atoms with E-state index in [1.807, 2.05) is 43.4 Å². The molecule has 0 saturated heterocycles. The molecule has 2 aliphatic rings. The lowest BCUT2D eigenvalue weighted by molar-refractivity contribution is -0.192. The smallest absolute Gasteiger partial charge is 0.475 e. The van der Waals surface area contributed by atoms with Crippen molar-refractivity contribution in [1.82, 2.24) is 9.80 Å². The summed E-state index contributed by atoms with van der Waals surface area (Å²) in [7, 11) is 2.04. The molecule has 220 valence electrons. The van der Waals surface area contributed by atoms with Gasteiger partial charge >= 0.3 is 12.1 Å². The summed E-state index contributed by atoms with van der Waals surface area (Å²) in [6, 6.07) is 20.3. The number of carbonyl (C=O) groups is 3. The van der Waals surface area contributed by atoms with Crippen LogP contribution in [0.4, 0.5) is 18.9 Å². The third-order valence-corrected chi connectivity index (χ3v) is 7.20. The molecule has 0 bridgehead atoms. The number of carboxylic acids is 1. The van der Waals surface area contributed by atoms with Crippen LogP contribution in [0.15, 0.2) is 71.7 Å². The topological polar surface area (TPSA) is 93.5 Å². The summed E-state index contributed by atoms with van der Waals surface area (Å²) in [6.07, 6.45) is -5.08. The van der Waals surface area contributed by atoms with E-state index in [-0.39, 0.29) is 24.9 Å². The molecule has 13 heteroatoms. The number of amidine groups is 1. The molecular weight excluding hydrogens is 596 g/mol. The van der Waals surface area contributed by atoms with Gasteiger partial charge in [-0.25, -0.2) is 4.79 Å². The zero-order chi connectivity index (χ0) is 30.6. The Hall–Kier alpha value is -4.09. The number of aliphatic carboxylic acids is 1. The van der Waals surface area contributed by atoms with Crippen LogP contribution < -0.4 is 4.90 Å². The van der Waals surface area contributed by atoms with Gasteiger partial charge < -0.3 is 19.8 Å². The summed E-state index contributed by atoms with van der Waals surface area (Å²) in [6.45, 7) is 2.29. The second-order valence-electron chi connectivity index (χ2n) is 9.51. The van der Waals surface area contributed by atoms with Gasteiger partial charge in [-0.05, 0) is 42.0 Å². The fraction of sp³-hybridized carbons (Fsp3) is 0.241. The van der Waals surface area contributed by atoms with Crippen molar-refractivity contribution in [2.24, 2.45) is 4.99 Å². The molecule has 0 saturated carbocycles. The lowest BCUT2D eigenvalue weighted by atomic mass is 10.1. The van der Waals surface area contributed by atoms with Gasteiger partial charge in [0.1, 0.15) is 12.4 Å². The fourth-order valence-electron chi connectivity index (χ4n) is 4.46. The molecule has 0 spiro atoms. The number of benzene rings is 3. The molecule has 2 heterocycles. The molecule has 0 radical (unpaired) electrons. The third-order valence-electron chi connectivity index (χ3n) is 6.59. The molecule has 42 heavy (non-hydrogen) atoms. The number of hydrogen-bond acceptors (Lipinski definition) is 5. The minimum atomic E-state index is -5.08. The van der Waals surface area contributed by atoms with Gasteiger partial charge in [0.25, 0.3) is 5.91 Å². The first-order valence-corrected chi connectivity index (χ1v) is 13.4. The summed E-state index contributed by atoms with van der Waals surface area (Å²) in [5.41, 5.74) is 3.98. The van der Waals surface area contributed by atoms with Crippen LogP contribution in [-0.4, -0.2) is 71.4 Å². The lowest BCUT2D eigenvalue weighted by Gasteiger charge is -2.23. The first kappa shape index (κ1) is 30.9. The maximum absolute atomic E-state index is 13.5. The first-order valence-electron chi connectivity index (χ1n) is 12.6. The fourth-order valence-corrected chi connectivity index (χ4v) is 4.82. The van der Waals surface area contributed by atoms with E-state index in [0.717, 1.165) is 41.3 Å². The Morgan fingerprint density at radius 3 is 2.19 bits per heavy atom. The minimum absolute atomic E-state index is 0.0495. The van der Waals surface area contributed by atoms with E-state index in [2.05, 4.69) is 9.89 Å². The zero-order valence-electron chi connectivity index (χ0n) is 22.2. The van der Waals surface area contributed by atoms with Gasteiger partial charge in [-0.15, -0.1) is 0 Å². The van der Waals surface area contributed by atoms with Crippen molar-refractivity contribution in [2.45, 2.75) is 19.3 Å². The Morgan fingerprint density at radius 2 is 1.62 bits per heavy atom. The summed E-state index contributed by atoms with van der Waals surface area (Å²) in [4.78, 5) is 45.5. The number of rotatable bonds is 4. The molecule has 3 aromatic rings. The quantitative estimate of drug-likeness (QED) is 0.415. The predicted octanol–water partition coefficient (Wildman–Crippen LogP) is 5.51. The second-order valence-corrected chi connectivity index (χ2v) is 10.4. The molecule has 3 aromatic carbocycles.